The quantitative estimate of drug-likeness (QED) is 0.413. The summed E-state index contributed by atoms with van der Waals surface area (Å²) in [6, 6.07) is 9.96. The topological polar surface area (TPSA) is 98.7 Å². The maximum atomic E-state index is 12.4. The van der Waals surface area contributed by atoms with Crippen LogP contribution in [0.1, 0.15) is 5.56 Å². The van der Waals surface area contributed by atoms with E-state index >= 15 is 0 Å². The molecule has 3 rings (SSSR count). The molecule has 0 unspecified atom stereocenters. The van der Waals surface area contributed by atoms with Crippen LogP contribution in [0.15, 0.2) is 48.2 Å². The Morgan fingerprint density at radius 3 is 2.56 bits per heavy atom. The molecule has 0 atom stereocenters. The molecule has 2 aromatic rings. The molecule has 7 nitrogen and oxygen atoms in total. The molecule has 27 heavy (non-hydrogen) atoms. The first-order valence-electron chi connectivity index (χ1n) is 7.72. The van der Waals surface area contributed by atoms with Gasteiger partial charge < -0.3 is 15.7 Å². The van der Waals surface area contributed by atoms with Gasteiger partial charge in [-0.3, -0.25) is 9.59 Å². The monoisotopic (exact) mass is 405 g/mol. The number of hydrogen-bond donors (Lipinski definition) is 3. The molecule has 1 aliphatic rings. The largest absolute Gasteiger partial charge is 0.508 e. The first-order valence-corrected chi connectivity index (χ1v) is 8.48. The maximum absolute atomic E-state index is 12.4. The van der Waals surface area contributed by atoms with E-state index in [0.717, 1.165) is 4.90 Å². The average Bonchev–Trinajstić information content (AvgIpc) is 2.88. The van der Waals surface area contributed by atoms with Crippen LogP contribution in [0.25, 0.3) is 6.08 Å². The molecule has 0 aromatic heterocycles. The molecular formula is C18H13Cl2N3O4. The minimum atomic E-state index is -0.717. The van der Waals surface area contributed by atoms with Crippen molar-refractivity contribution < 1.29 is 19.5 Å². The van der Waals surface area contributed by atoms with Gasteiger partial charge in [-0.05, 0) is 42.0 Å². The molecule has 0 bridgehead atoms. The number of imide groups is 1. The minimum absolute atomic E-state index is 0.0124. The van der Waals surface area contributed by atoms with Crippen LogP contribution in [0.2, 0.25) is 10.0 Å². The lowest BCUT2D eigenvalue weighted by Gasteiger charge is -2.12. The van der Waals surface area contributed by atoms with Crippen LogP contribution in [-0.4, -0.2) is 34.4 Å². The van der Waals surface area contributed by atoms with Crippen molar-refractivity contribution in [3.63, 3.8) is 0 Å². The molecule has 138 valence electrons. The van der Waals surface area contributed by atoms with Gasteiger partial charge in [0.2, 0.25) is 5.91 Å². The van der Waals surface area contributed by atoms with E-state index in [1.54, 1.807) is 18.2 Å². The second-order valence-corrected chi connectivity index (χ2v) is 6.40. The van der Waals surface area contributed by atoms with Crippen molar-refractivity contribution in [1.29, 1.82) is 0 Å². The molecule has 1 aliphatic heterocycles. The van der Waals surface area contributed by atoms with Crippen molar-refractivity contribution in [1.82, 2.24) is 10.2 Å². The van der Waals surface area contributed by atoms with Gasteiger partial charge in [-0.15, -0.1) is 0 Å². The number of nitrogens with zero attached hydrogens (tertiary/aromatic N) is 1. The third kappa shape index (κ3) is 4.21. The van der Waals surface area contributed by atoms with Crippen LogP contribution in [0.4, 0.5) is 10.5 Å². The van der Waals surface area contributed by atoms with E-state index in [1.165, 1.54) is 30.3 Å². The van der Waals surface area contributed by atoms with Gasteiger partial charge in [-0.25, -0.2) is 9.69 Å². The SMILES string of the molecule is O=C(CN1C(=O)N/C(=C\c2cccc(Cl)c2Cl)C1=O)Nc1ccc(O)cc1. The van der Waals surface area contributed by atoms with Gasteiger partial charge in [0.15, 0.2) is 0 Å². The number of amides is 4. The van der Waals surface area contributed by atoms with E-state index < -0.39 is 24.4 Å². The Morgan fingerprint density at radius 2 is 1.85 bits per heavy atom. The zero-order chi connectivity index (χ0) is 19.6. The van der Waals surface area contributed by atoms with Crippen molar-refractivity contribution in [2.75, 3.05) is 11.9 Å². The van der Waals surface area contributed by atoms with Gasteiger partial charge in [-0.2, -0.15) is 0 Å². The second-order valence-electron chi connectivity index (χ2n) is 5.62. The van der Waals surface area contributed by atoms with Crippen molar-refractivity contribution in [2.45, 2.75) is 0 Å². The Labute approximate surface area is 164 Å². The summed E-state index contributed by atoms with van der Waals surface area (Å²) in [6.07, 6.45) is 1.40. The molecule has 2 aromatic carbocycles. The highest BCUT2D eigenvalue weighted by Gasteiger charge is 2.35. The molecule has 4 amide bonds. The smallest absolute Gasteiger partial charge is 0.329 e. The van der Waals surface area contributed by atoms with Gasteiger partial charge in [0.1, 0.15) is 18.0 Å². The number of urea groups is 1. The number of phenols is 1. The van der Waals surface area contributed by atoms with Gasteiger partial charge in [0.25, 0.3) is 5.91 Å². The van der Waals surface area contributed by atoms with Gasteiger partial charge >= 0.3 is 6.03 Å². The zero-order valence-electron chi connectivity index (χ0n) is 13.7. The minimum Gasteiger partial charge on any atom is -0.508 e. The fraction of sp³-hybridized carbons (Fsp3) is 0.0556. The molecule has 0 saturated carbocycles. The molecular weight excluding hydrogens is 393 g/mol. The highest BCUT2D eigenvalue weighted by molar-refractivity contribution is 6.43. The highest BCUT2D eigenvalue weighted by atomic mass is 35.5. The van der Waals surface area contributed by atoms with Crippen LogP contribution < -0.4 is 10.6 Å². The summed E-state index contributed by atoms with van der Waals surface area (Å²) < 4.78 is 0. The second kappa shape index (κ2) is 7.69. The lowest BCUT2D eigenvalue weighted by Crippen LogP contribution is -2.38. The molecule has 1 heterocycles. The molecule has 1 saturated heterocycles. The predicted molar refractivity (Wildman–Crippen MR) is 101 cm³/mol. The fourth-order valence-electron chi connectivity index (χ4n) is 2.39. The van der Waals surface area contributed by atoms with Gasteiger partial charge in [-0.1, -0.05) is 35.3 Å². The summed E-state index contributed by atoms with van der Waals surface area (Å²) in [5, 5.41) is 14.7. The van der Waals surface area contributed by atoms with E-state index in [9.17, 15) is 19.5 Å². The van der Waals surface area contributed by atoms with E-state index in [0.29, 0.717) is 16.3 Å². The Kier molecular flexibility index (Phi) is 5.34. The zero-order valence-corrected chi connectivity index (χ0v) is 15.2. The van der Waals surface area contributed by atoms with Crippen LogP contribution in [0.5, 0.6) is 5.75 Å². The Bertz CT molecular complexity index is 958. The Balaban J connectivity index is 1.72. The highest BCUT2D eigenvalue weighted by Crippen LogP contribution is 2.27. The first-order chi connectivity index (χ1) is 12.8. The summed E-state index contributed by atoms with van der Waals surface area (Å²) in [4.78, 5) is 37.4. The first kappa shape index (κ1) is 18.8. The van der Waals surface area contributed by atoms with Gasteiger partial charge in [0, 0.05) is 5.69 Å². The molecule has 9 heteroatoms. The Morgan fingerprint density at radius 1 is 1.15 bits per heavy atom. The lowest BCUT2D eigenvalue weighted by molar-refractivity contribution is -0.127. The molecule has 1 fully saturated rings. The molecule has 0 radical (unpaired) electrons. The van der Waals surface area contributed by atoms with Crippen molar-refractivity contribution in [2.24, 2.45) is 0 Å². The van der Waals surface area contributed by atoms with Crippen molar-refractivity contribution in [3.8, 4) is 5.75 Å². The van der Waals surface area contributed by atoms with Gasteiger partial charge in [0.05, 0.1) is 10.0 Å². The standard InChI is InChI=1S/C18H13Cl2N3O4/c19-13-3-1-2-10(16(13)20)8-14-17(26)23(18(27)22-14)9-15(25)21-11-4-6-12(24)7-5-11/h1-8,24H,9H2,(H,21,25)(H,22,27)/b14-8-. The summed E-state index contributed by atoms with van der Waals surface area (Å²) in [5.74, 6) is -1.17. The number of aromatic hydroxyl groups is 1. The number of anilines is 1. The number of halogens is 2. The van der Waals surface area contributed by atoms with Crippen LogP contribution in [0.3, 0.4) is 0 Å². The summed E-state index contributed by atoms with van der Waals surface area (Å²) in [7, 11) is 0. The Hall–Kier alpha value is -3.03. The molecule has 0 spiro atoms. The van der Waals surface area contributed by atoms with Crippen LogP contribution in [-0.2, 0) is 9.59 Å². The number of nitrogens with one attached hydrogen (secondary N) is 2. The van der Waals surface area contributed by atoms with Crippen LogP contribution in [0, 0.1) is 0 Å². The summed E-state index contributed by atoms with van der Waals surface area (Å²) in [6.45, 7) is -0.466. The number of hydrogen-bond acceptors (Lipinski definition) is 4. The number of rotatable bonds is 4. The maximum Gasteiger partial charge on any atom is 0.329 e. The molecule has 0 aliphatic carbocycles. The van der Waals surface area contributed by atoms with E-state index in [-0.39, 0.29) is 16.5 Å². The number of carbonyl (C=O) groups excluding carboxylic acids is 3. The third-order valence-electron chi connectivity index (χ3n) is 3.70. The number of carbonyl (C=O) groups is 3. The van der Waals surface area contributed by atoms with E-state index in [1.807, 2.05) is 0 Å². The van der Waals surface area contributed by atoms with E-state index in [4.69, 9.17) is 23.2 Å². The normalized spacial score (nSPS) is 15.2. The molecule has 3 N–H and O–H groups in total. The van der Waals surface area contributed by atoms with Crippen molar-refractivity contribution in [3.05, 3.63) is 63.8 Å². The summed E-state index contributed by atoms with van der Waals surface area (Å²) in [5.41, 5.74) is 0.871. The fourth-order valence-corrected chi connectivity index (χ4v) is 2.75. The third-order valence-corrected chi connectivity index (χ3v) is 4.53. The predicted octanol–water partition coefficient (Wildman–Crippen LogP) is 3.23. The number of benzene rings is 2. The average molecular weight is 406 g/mol. The van der Waals surface area contributed by atoms with E-state index in [2.05, 4.69) is 10.6 Å². The number of phenolic OH excluding ortho intramolecular Hbond substituents is 1. The van der Waals surface area contributed by atoms with Crippen LogP contribution >= 0.6 is 23.2 Å². The summed E-state index contributed by atoms with van der Waals surface area (Å²) >= 11 is 12.0. The van der Waals surface area contributed by atoms with Crippen molar-refractivity contribution >= 4 is 52.8 Å². The lowest BCUT2D eigenvalue weighted by atomic mass is 10.2.